The summed E-state index contributed by atoms with van der Waals surface area (Å²) in [4.78, 5) is 24.4. The number of ether oxygens (including phenoxy) is 1. The Labute approximate surface area is 116 Å². The lowest BCUT2D eigenvalue weighted by Gasteiger charge is -2.19. The summed E-state index contributed by atoms with van der Waals surface area (Å²) < 4.78 is 4.78. The van der Waals surface area contributed by atoms with Gasteiger partial charge in [0.25, 0.3) is 0 Å². The fraction of sp³-hybridized carbons (Fsp3) is 0.333. The standard InChI is InChI=1S/C12H16ClN3O3/c1-2-19-12(18)16(7-6-14)11(17)15-10-5-3-4-9(13)8-10/h3-5,8H,2,6-7,14H2,1H3,(H,15,17). The van der Waals surface area contributed by atoms with E-state index in [4.69, 9.17) is 22.1 Å². The van der Waals surface area contributed by atoms with Crippen LogP contribution < -0.4 is 11.1 Å². The predicted octanol–water partition coefficient (Wildman–Crippen LogP) is 2.29. The van der Waals surface area contributed by atoms with E-state index in [0.717, 1.165) is 4.90 Å². The molecule has 19 heavy (non-hydrogen) atoms. The first-order valence-electron chi connectivity index (χ1n) is 5.79. The topological polar surface area (TPSA) is 84.7 Å². The monoisotopic (exact) mass is 285 g/mol. The molecule has 0 radical (unpaired) electrons. The fourth-order valence-corrected chi connectivity index (χ4v) is 1.55. The number of benzene rings is 1. The van der Waals surface area contributed by atoms with Crippen LogP contribution in [0, 0.1) is 0 Å². The summed E-state index contributed by atoms with van der Waals surface area (Å²) >= 11 is 5.80. The van der Waals surface area contributed by atoms with E-state index in [1.54, 1.807) is 31.2 Å². The number of nitrogens with two attached hydrogens (primary N) is 1. The van der Waals surface area contributed by atoms with Gasteiger partial charge in [0.05, 0.1) is 6.61 Å². The quantitative estimate of drug-likeness (QED) is 0.889. The van der Waals surface area contributed by atoms with Gasteiger partial charge in [-0.2, -0.15) is 0 Å². The lowest BCUT2D eigenvalue weighted by atomic mass is 10.3. The first-order valence-corrected chi connectivity index (χ1v) is 6.17. The second-order valence-electron chi connectivity index (χ2n) is 3.58. The highest BCUT2D eigenvalue weighted by atomic mass is 35.5. The van der Waals surface area contributed by atoms with E-state index in [1.165, 1.54) is 0 Å². The molecule has 0 fully saturated rings. The molecule has 0 aliphatic carbocycles. The van der Waals surface area contributed by atoms with Crippen molar-refractivity contribution >= 4 is 29.4 Å². The summed E-state index contributed by atoms with van der Waals surface area (Å²) in [5, 5.41) is 3.04. The zero-order valence-corrected chi connectivity index (χ0v) is 11.3. The minimum absolute atomic E-state index is 0.0746. The van der Waals surface area contributed by atoms with Gasteiger partial charge in [0.15, 0.2) is 0 Å². The van der Waals surface area contributed by atoms with Gasteiger partial charge in [0.2, 0.25) is 0 Å². The summed E-state index contributed by atoms with van der Waals surface area (Å²) in [6.45, 7) is 2.07. The number of carbonyl (C=O) groups excluding carboxylic acids is 2. The van der Waals surface area contributed by atoms with Gasteiger partial charge in [0, 0.05) is 23.8 Å². The molecule has 0 aliphatic heterocycles. The van der Waals surface area contributed by atoms with Crippen molar-refractivity contribution in [2.45, 2.75) is 6.92 Å². The minimum Gasteiger partial charge on any atom is -0.449 e. The second kappa shape index (κ2) is 7.60. The molecule has 104 valence electrons. The highest BCUT2D eigenvalue weighted by Crippen LogP contribution is 2.15. The summed E-state index contributed by atoms with van der Waals surface area (Å²) in [5.74, 6) is 0. The zero-order chi connectivity index (χ0) is 14.3. The summed E-state index contributed by atoms with van der Waals surface area (Å²) in [5.41, 5.74) is 5.86. The van der Waals surface area contributed by atoms with Crippen molar-refractivity contribution in [1.82, 2.24) is 4.90 Å². The number of hydrogen-bond donors (Lipinski definition) is 2. The number of imide groups is 1. The van der Waals surface area contributed by atoms with Gasteiger partial charge < -0.3 is 15.8 Å². The van der Waals surface area contributed by atoms with E-state index in [1.807, 2.05) is 0 Å². The maximum absolute atomic E-state index is 11.9. The molecule has 1 rings (SSSR count). The smallest absolute Gasteiger partial charge is 0.418 e. The molecule has 7 heteroatoms. The molecule has 0 saturated heterocycles. The van der Waals surface area contributed by atoms with Crippen LogP contribution in [0.3, 0.4) is 0 Å². The molecular formula is C12H16ClN3O3. The van der Waals surface area contributed by atoms with Crippen LogP contribution >= 0.6 is 11.6 Å². The highest BCUT2D eigenvalue weighted by molar-refractivity contribution is 6.30. The molecule has 0 heterocycles. The molecule has 3 N–H and O–H groups in total. The number of nitrogens with zero attached hydrogens (tertiary/aromatic N) is 1. The zero-order valence-electron chi connectivity index (χ0n) is 10.6. The Bertz CT molecular complexity index is 454. The maximum atomic E-state index is 11.9. The first kappa shape index (κ1) is 15.3. The number of rotatable bonds is 4. The normalized spacial score (nSPS) is 9.84. The van der Waals surface area contributed by atoms with Crippen LogP contribution in [0.2, 0.25) is 5.02 Å². The number of nitrogens with one attached hydrogen (secondary N) is 1. The molecule has 0 aromatic heterocycles. The molecule has 1 aromatic rings. The minimum atomic E-state index is -0.729. The van der Waals surface area contributed by atoms with Crippen LogP contribution in [0.5, 0.6) is 0 Å². The third-order valence-corrected chi connectivity index (χ3v) is 2.40. The average molecular weight is 286 g/mol. The number of hydrogen-bond acceptors (Lipinski definition) is 4. The number of halogens is 1. The van der Waals surface area contributed by atoms with Crippen LogP contribution in [0.25, 0.3) is 0 Å². The molecular weight excluding hydrogens is 270 g/mol. The van der Waals surface area contributed by atoms with Crippen LogP contribution in [0.1, 0.15) is 6.92 Å². The Hall–Kier alpha value is -1.79. The molecule has 6 nitrogen and oxygen atoms in total. The molecule has 0 saturated carbocycles. The van der Waals surface area contributed by atoms with Crippen molar-refractivity contribution in [2.24, 2.45) is 5.73 Å². The van der Waals surface area contributed by atoms with Crippen molar-refractivity contribution in [3.63, 3.8) is 0 Å². The van der Waals surface area contributed by atoms with Gasteiger partial charge in [-0.05, 0) is 25.1 Å². The Balaban J connectivity index is 2.74. The molecule has 3 amide bonds. The SMILES string of the molecule is CCOC(=O)N(CCN)C(=O)Nc1cccc(Cl)c1. The van der Waals surface area contributed by atoms with Crippen molar-refractivity contribution in [3.8, 4) is 0 Å². The Kier molecular flexibility index (Phi) is 6.11. The number of carbonyl (C=O) groups is 2. The third kappa shape index (κ3) is 4.76. The second-order valence-corrected chi connectivity index (χ2v) is 4.02. The summed E-state index contributed by atoms with van der Waals surface area (Å²) in [6.07, 6.45) is -0.729. The fourth-order valence-electron chi connectivity index (χ4n) is 1.36. The molecule has 0 spiro atoms. The van der Waals surface area contributed by atoms with E-state index in [2.05, 4.69) is 5.32 Å². The molecule has 1 aromatic carbocycles. The Morgan fingerprint density at radius 1 is 1.47 bits per heavy atom. The number of amides is 3. The highest BCUT2D eigenvalue weighted by Gasteiger charge is 2.21. The summed E-state index contributed by atoms with van der Waals surface area (Å²) in [7, 11) is 0. The van der Waals surface area contributed by atoms with E-state index < -0.39 is 12.1 Å². The number of urea groups is 1. The largest absolute Gasteiger partial charge is 0.449 e. The predicted molar refractivity (Wildman–Crippen MR) is 73.3 cm³/mol. The molecule has 0 atom stereocenters. The van der Waals surface area contributed by atoms with Gasteiger partial charge in [0.1, 0.15) is 0 Å². The van der Waals surface area contributed by atoms with Gasteiger partial charge in [-0.25, -0.2) is 14.5 Å². The third-order valence-electron chi connectivity index (χ3n) is 2.16. The van der Waals surface area contributed by atoms with Crippen LogP contribution in [0.4, 0.5) is 15.3 Å². The molecule has 0 bridgehead atoms. The van der Waals surface area contributed by atoms with E-state index in [9.17, 15) is 9.59 Å². The van der Waals surface area contributed by atoms with Crippen molar-refractivity contribution < 1.29 is 14.3 Å². The average Bonchev–Trinajstić information content (AvgIpc) is 2.36. The van der Waals surface area contributed by atoms with E-state index in [0.29, 0.717) is 10.7 Å². The number of anilines is 1. The van der Waals surface area contributed by atoms with Gasteiger partial charge in [-0.1, -0.05) is 17.7 Å². The Morgan fingerprint density at radius 2 is 2.21 bits per heavy atom. The van der Waals surface area contributed by atoms with Crippen molar-refractivity contribution in [2.75, 3.05) is 25.0 Å². The van der Waals surface area contributed by atoms with Crippen molar-refractivity contribution in [3.05, 3.63) is 29.3 Å². The van der Waals surface area contributed by atoms with Gasteiger partial charge in [-0.3, -0.25) is 0 Å². The summed E-state index contributed by atoms with van der Waals surface area (Å²) in [6, 6.07) is 6.00. The van der Waals surface area contributed by atoms with Crippen LogP contribution in [0.15, 0.2) is 24.3 Å². The first-order chi connectivity index (χ1) is 9.08. The maximum Gasteiger partial charge on any atom is 0.418 e. The lowest BCUT2D eigenvalue weighted by Crippen LogP contribution is -2.43. The van der Waals surface area contributed by atoms with Gasteiger partial charge >= 0.3 is 12.1 Å². The van der Waals surface area contributed by atoms with Crippen molar-refractivity contribution in [1.29, 1.82) is 0 Å². The van der Waals surface area contributed by atoms with E-state index in [-0.39, 0.29) is 19.7 Å². The lowest BCUT2D eigenvalue weighted by molar-refractivity contribution is 0.118. The van der Waals surface area contributed by atoms with Gasteiger partial charge in [-0.15, -0.1) is 0 Å². The van der Waals surface area contributed by atoms with E-state index >= 15 is 0 Å². The molecule has 0 unspecified atom stereocenters. The van der Waals surface area contributed by atoms with Crippen LogP contribution in [-0.2, 0) is 4.74 Å². The Morgan fingerprint density at radius 3 is 2.79 bits per heavy atom. The molecule has 0 aliphatic rings. The van der Waals surface area contributed by atoms with Crippen LogP contribution in [-0.4, -0.2) is 36.7 Å².